The Kier molecular flexibility index (Phi) is 6.83. The van der Waals surface area contributed by atoms with Crippen LogP contribution in [0.5, 0.6) is 11.5 Å². The standard InChI is InChI=1S/C29H32FN3O4/c30-22-6-7-24-26(18-22)37-31-29(24)21-10-14-32(15-11-21)16-12-23-3-1-2-13-33(23)28(34)9-5-20-4-8-25-27(17-20)36-19-35-25/h4-9,17-18,21,23H,1-3,10-16,19H2/t23-/m0/s1. The zero-order valence-corrected chi connectivity index (χ0v) is 20.9. The second kappa shape index (κ2) is 10.5. The first-order valence-electron chi connectivity index (χ1n) is 13.3. The van der Waals surface area contributed by atoms with E-state index < -0.39 is 0 Å². The maximum absolute atomic E-state index is 13.5. The lowest BCUT2D eigenvalue weighted by atomic mass is 9.91. The molecule has 3 aliphatic rings. The van der Waals surface area contributed by atoms with Crippen molar-refractivity contribution in [3.8, 4) is 11.5 Å². The van der Waals surface area contributed by atoms with E-state index in [0.29, 0.717) is 11.5 Å². The van der Waals surface area contributed by atoms with Crippen molar-refractivity contribution in [2.75, 3.05) is 33.0 Å². The van der Waals surface area contributed by atoms with Crippen LogP contribution in [-0.2, 0) is 4.79 Å². The van der Waals surface area contributed by atoms with E-state index in [0.717, 1.165) is 86.4 Å². The van der Waals surface area contributed by atoms with Crippen LogP contribution in [0.2, 0.25) is 0 Å². The minimum absolute atomic E-state index is 0.0791. The molecule has 1 atom stereocenters. The molecule has 4 heterocycles. The number of amides is 1. The van der Waals surface area contributed by atoms with Crippen LogP contribution in [0.4, 0.5) is 4.39 Å². The van der Waals surface area contributed by atoms with Crippen LogP contribution in [0.25, 0.3) is 17.0 Å². The molecule has 0 aliphatic carbocycles. The van der Waals surface area contributed by atoms with Gasteiger partial charge in [0, 0.05) is 42.6 Å². The van der Waals surface area contributed by atoms with Gasteiger partial charge in [0.25, 0.3) is 0 Å². The number of carbonyl (C=O) groups is 1. The van der Waals surface area contributed by atoms with Crippen LogP contribution in [-0.4, -0.2) is 59.9 Å². The van der Waals surface area contributed by atoms with Crippen LogP contribution < -0.4 is 9.47 Å². The Hall–Kier alpha value is -3.39. The number of carbonyl (C=O) groups excluding carboxylic acids is 1. The van der Waals surface area contributed by atoms with Crippen molar-refractivity contribution in [2.24, 2.45) is 0 Å². The zero-order chi connectivity index (χ0) is 25.2. The first-order valence-corrected chi connectivity index (χ1v) is 13.3. The lowest BCUT2D eigenvalue weighted by molar-refractivity contribution is -0.129. The molecule has 0 bridgehead atoms. The highest BCUT2D eigenvalue weighted by Crippen LogP contribution is 2.34. The topological polar surface area (TPSA) is 68.0 Å². The van der Waals surface area contributed by atoms with E-state index in [-0.39, 0.29) is 24.6 Å². The summed E-state index contributed by atoms with van der Waals surface area (Å²) in [7, 11) is 0. The highest BCUT2D eigenvalue weighted by Gasteiger charge is 2.28. The van der Waals surface area contributed by atoms with Gasteiger partial charge >= 0.3 is 0 Å². The number of hydrogen-bond donors (Lipinski definition) is 0. The second-order valence-electron chi connectivity index (χ2n) is 10.2. The molecule has 2 fully saturated rings. The van der Waals surface area contributed by atoms with Gasteiger partial charge in [-0.05, 0) is 87.5 Å². The summed E-state index contributed by atoms with van der Waals surface area (Å²) in [5.74, 6) is 1.57. The Morgan fingerprint density at radius 2 is 1.89 bits per heavy atom. The van der Waals surface area contributed by atoms with E-state index in [2.05, 4.69) is 15.0 Å². The Balaban J connectivity index is 1.02. The van der Waals surface area contributed by atoms with E-state index in [4.69, 9.17) is 14.0 Å². The Morgan fingerprint density at radius 3 is 2.78 bits per heavy atom. The molecule has 1 aromatic heterocycles. The molecule has 37 heavy (non-hydrogen) atoms. The van der Waals surface area contributed by atoms with Crippen LogP contribution in [0, 0.1) is 5.82 Å². The smallest absolute Gasteiger partial charge is 0.246 e. The minimum Gasteiger partial charge on any atom is -0.454 e. The average Bonchev–Trinajstić information content (AvgIpc) is 3.57. The molecule has 3 aromatic rings. The van der Waals surface area contributed by atoms with E-state index in [9.17, 15) is 9.18 Å². The highest BCUT2D eigenvalue weighted by molar-refractivity contribution is 5.92. The van der Waals surface area contributed by atoms with Crippen molar-refractivity contribution in [2.45, 2.75) is 50.5 Å². The SMILES string of the molecule is O=C(C=Cc1ccc2c(c1)OCO2)N1CCCC[C@H]1CCN1CCC(c2noc3cc(F)ccc23)CC1. The number of halogens is 1. The molecule has 194 valence electrons. The lowest BCUT2D eigenvalue weighted by Gasteiger charge is -2.37. The molecule has 3 aliphatic heterocycles. The van der Waals surface area contributed by atoms with Crippen LogP contribution in [0.3, 0.4) is 0 Å². The first-order chi connectivity index (χ1) is 18.1. The van der Waals surface area contributed by atoms with Gasteiger partial charge in [-0.2, -0.15) is 0 Å². The first kappa shape index (κ1) is 24.0. The molecule has 2 saturated heterocycles. The van der Waals surface area contributed by atoms with Gasteiger partial charge in [-0.25, -0.2) is 4.39 Å². The molecule has 0 spiro atoms. The summed E-state index contributed by atoms with van der Waals surface area (Å²) in [4.78, 5) is 17.7. The monoisotopic (exact) mass is 505 g/mol. The fraction of sp³-hybridized carbons (Fsp3) is 0.448. The van der Waals surface area contributed by atoms with Crippen molar-refractivity contribution >= 4 is 23.0 Å². The fourth-order valence-corrected chi connectivity index (χ4v) is 5.86. The number of likely N-dealkylation sites (tertiary alicyclic amines) is 2. The van der Waals surface area contributed by atoms with E-state index in [1.807, 2.05) is 24.3 Å². The van der Waals surface area contributed by atoms with Crippen LogP contribution in [0.1, 0.15) is 55.7 Å². The largest absolute Gasteiger partial charge is 0.454 e. The molecular weight excluding hydrogens is 473 g/mol. The number of fused-ring (bicyclic) bond motifs is 2. The van der Waals surface area contributed by atoms with E-state index in [1.54, 1.807) is 12.1 Å². The number of piperidine rings is 2. The number of aromatic nitrogens is 1. The van der Waals surface area contributed by atoms with E-state index in [1.165, 1.54) is 18.6 Å². The maximum atomic E-state index is 13.5. The summed E-state index contributed by atoms with van der Waals surface area (Å²) in [5, 5.41) is 5.19. The molecule has 0 saturated carbocycles. The fourth-order valence-electron chi connectivity index (χ4n) is 5.86. The van der Waals surface area contributed by atoms with Crippen molar-refractivity contribution in [1.29, 1.82) is 0 Å². The normalized spacial score (nSPS) is 20.8. The number of ether oxygens (including phenoxy) is 2. The molecule has 0 radical (unpaired) electrons. The summed E-state index contributed by atoms with van der Waals surface area (Å²) >= 11 is 0. The van der Waals surface area contributed by atoms with Crippen molar-refractivity contribution in [3.05, 3.63) is 59.5 Å². The molecule has 2 aromatic carbocycles. The Labute approximate surface area is 215 Å². The predicted molar refractivity (Wildman–Crippen MR) is 138 cm³/mol. The lowest BCUT2D eigenvalue weighted by Crippen LogP contribution is -2.45. The Morgan fingerprint density at radius 1 is 1.03 bits per heavy atom. The van der Waals surface area contributed by atoms with Gasteiger partial charge in [0.2, 0.25) is 12.7 Å². The molecule has 0 unspecified atom stereocenters. The third-order valence-corrected chi connectivity index (χ3v) is 7.94. The van der Waals surface area contributed by atoms with Crippen molar-refractivity contribution in [1.82, 2.24) is 15.0 Å². The third kappa shape index (κ3) is 5.21. The second-order valence-corrected chi connectivity index (χ2v) is 10.2. The molecular formula is C29H32FN3O4. The van der Waals surface area contributed by atoms with Gasteiger partial charge in [0.15, 0.2) is 17.1 Å². The van der Waals surface area contributed by atoms with Gasteiger partial charge in [0.1, 0.15) is 5.82 Å². The summed E-state index contributed by atoms with van der Waals surface area (Å²) in [6.07, 6.45) is 9.83. The van der Waals surface area contributed by atoms with Gasteiger partial charge in [-0.1, -0.05) is 11.2 Å². The Bertz CT molecular complexity index is 1300. The average molecular weight is 506 g/mol. The number of benzene rings is 2. The van der Waals surface area contributed by atoms with Gasteiger partial charge in [-0.3, -0.25) is 4.79 Å². The third-order valence-electron chi connectivity index (χ3n) is 7.94. The van der Waals surface area contributed by atoms with Crippen LogP contribution >= 0.6 is 0 Å². The molecule has 1 amide bonds. The summed E-state index contributed by atoms with van der Waals surface area (Å²) in [6.45, 7) is 4.03. The van der Waals surface area contributed by atoms with Crippen LogP contribution in [0.15, 0.2) is 47.0 Å². The summed E-state index contributed by atoms with van der Waals surface area (Å²) in [5.41, 5.74) is 2.40. The molecule has 6 rings (SSSR count). The van der Waals surface area contributed by atoms with Gasteiger partial charge < -0.3 is 23.8 Å². The van der Waals surface area contributed by atoms with E-state index >= 15 is 0 Å². The number of rotatable bonds is 6. The number of nitrogens with zero attached hydrogens (tertiary/aromatic N) is 3. The van der Waals surface area contributed by atoms with Gasteiger partial charge in [-0.15, -0.1) is 0 Å². The zero-order valence-electron chi connectivity index (χ0n) is 20.9. The molecule has 7 nitrogen and oxygen atoms in total. The van der Waals surface area contributed by atoms with Crippen molar-refractivity contribution in [3.63, 3.8) is 0 Å². The quantitative estimate of drug-likeness (QED) is 0.420. The predicted octanol–water partition coefficient (Wildman–Crippen LogP) is 5.36. The summed E-state index contributed by atoms with van der Waals surface area (Å²) in [6, 6.07) is 10.7. The minimum atomic E-state index is -0.302. The van der Waals surface area contributed by atoms with Gasteiger partial charge in [0.05, 0.1) is 5.69 Å². The molecule has 0 N–H and O–H groups in total. The summed E-state index contributed by atoms with van der Waals surface area (Å²) < 4.78 is 29.7. The number of hydrogen-bond acceptors (Lipinski definition) is 6. The molecule has 8 heteroatoms. The highest BCUT2D eigenvalue weighted by atomic mass is 19.1. The van der Waals surface area contributed by atoms with Crippen molar-refractivity contribution < 1.29 is 23.2 Å². The maximum Gasteiger partial charge on any atom is 0.246 e.